The summed E-state index contributed by atoms with van der Waals surface area (Å²) in [6.07, 6.45) is 1.86. The molecular formula is C26H28N4O5. The highest BCUT2D eigenvalue weighted by Crippen LogP contribution is 2.40. The molecule has 9 nitrogen and oxygen atoms in total. The smallest absolute Gasteiger partial charge is 0.322 e. The first-order valence-corrected chi connectivity index (χ1v) is 11.6. The predicted octanol–water partition coefficient (Wildman–Crippen LogP) is 4.44. The van der Waals surface area contributed by atoms with Gasteiger partial charge in [0.15, 0.2) is 11.5 Å². The van der Waals surface area contributed by atoms with E-state index in [-0.39, 0.29) is 17.9 Å². The molecule has 9 heteroatoms. The number of hydrogen-bond donors (Lipinski definition) is 2. The number of nitrogens with one attached hydrogen (secondary N) is 1. The molecule has 2 atom stereocenters. The highest BCUT2D eigenvalue weighted by molar-refractivity contribution is 5.87. The first kappa shape index (κ1) is 22.9. The Balaban J connectivity index is 1.58. The maximum atomic E-state index is 13.2. The zero-order valence-corrected chi connectivity index (χ0v) is 19.9. The quantitative estimate of drug-likeness (QED) is 0.541. The van der Waals surface area contributed by atoms with Gasteiger partial charge in [-0.15, -0.1) is 0 Å². The van der Waals surface area contributed by atoms with E-state index >= 15 is 0 Å². The summed E-state index contributed by atoms with van der Waals surface area (Å²) in [7, 11) is 1.49. The largest absolute Gasteiger partial charge is 0.504 e. The van der Waals surface area contributed by atoms with Crippen molar-refractivity contribution in [2.24, 2.45) is 0 Å². The van der Waals surface area contributed by atoms with Crippen LogP contribution >= 0.6 is 0 Å². The second-order valence-electron chi connectivity index (χ2n) is 8.85. The number of urea groups is 1. The molecule has 3 heterocycles. The van der Waals surface area contributed by atoms with Crippen molar-refractivity contribution >= 4 is 11.6 Å². The molecule has 5 rings (SSSR count). The number of aryl methyl sites for hydroxylation is 1. The summed E-state index contributed by atoms with van der Waals surface area (Å²) in [6.45, 7) is 5.01. The van der Waals surface area contributed by atoms with Gasteiger partial charge in [0.05, 0.1) is 31.4 Å². The average Bonchev–Trinajstić information content (AvgIpc) is 3.54. The summed E-state index contributed by atoms with van der Waals surface area (Å²) in [5, 5.41) is 17.7. The zero-order chi connectivity index (χ0) is 24.5. The lowest BCUT2D eigenvalue weighted by molar-refractivity contribution is 0.0877. The third-order valence-corrected chi connectivity index (χ3v) is 6.48. The molecular weight excluding hydrogens is 448 g/mol. The predicted molar refractivity (Wildman–Crippen MR) is 129 cm³/mol. The van der Waals surface area contributed by atoms with Crippen LogP contribution in [0, 0.1) is 6.92 Å². The minimum Gasteiger partial charge on any atom is -0.504 e. The first-order chi connectivity index (χ1) is 16.9. The number of allylic oxidation sites excluding steroid dienone is 1. The van der Waals surface area contributed by atoms with Crippen molar-refractivity contribution in [3.05, 3.63) is 65.2 Å². The fourth-order valence-electron chi connectivity index (χ4n) is 4.64. The molecule has 0 aliphatic carbocycles. The Morgan fingerprint density at radius 3 is 2.80 bits per heavy atom. The monoisotopic (exact) mass is 476 g/mol. The fraction of sp³-hybridized carbons (Fsp3) is 0.346. The molecule has 1 aromatic heterocycles. The van der Waals surface area contributed by atoms with Crippen LogP contribution in [0.25, 0.3) is 17.0 Å². The van der Waals surface area contributed by atoms with Gasteiger partial charge in [0.2, 0.25) is 5.82 Å². The number of methoxy groups -OCH3 is 1. The number of carbonyl (C=O) groups is 1. The normalized spacial score (nSPS) is 20.3. The van der Waals surface area contributed by atoms with Gasteiger partial charge >= 0.3 is 6.03 Å². The number of hydrogen-bond acceptors (Lipinski definition) is 7. The van der Waals surface area contributed by atoms with Gasteiger partial charge in [0.1, 0.15) is 0 Å². The van der Waals surface area contributed by atoms with Gasteiger partial charge in [0, 0.05) is 17.9 Å². The zero-order valence-electron chi connectivity index (χ0n) is 19.9. The molecule has 2 amide bonds. The van der Waals surface area contributed by atoms with E-state index in [0.717, 1.165) is 24.0 Å². The second kappa shape index (κ2) is 9.42. The molecule has 1 fully saturated rings. The number of nitrogens with zero attached hydrogens (tertiary/aromatic N) is 3. The number of phenolic OH excluding ortho intramolecular Hbond substituents is 1. The molecule has 0 saturated carbocycles. The Morgan fingerprint density at radius 1 is 1.23 bits per heavy atom. The number of rotatable bonds is 6. The Hall–Kier alpha value is -3.85. The Kier molecular flexibility index (Phi) is 6.17. The van der Waals surface area contributed by atoms with Crippen LogP contribution in [-0.4, -0.2) is 52.5 Å². The molecule has 0 spiro atoms. The minimum absolute atomic E-state index is 0.0240. The third-order valence-electron chi connectivity index (χ3n) is 6.48. The molecule has 2 aliphatic rings. The molecule has 0 bridgehead atoms. The second-order valence-corrected chi connectivity index (χ2v) is 8.85. The van der Waals surface area contributed by atoms with Gasteiger partial charge in [0.25, 0.3) is 5.89 Å². The van der Waals surface area contributed by atoms with Gasteiger partial charge in [-0.2, -0.15) is 4.98 Å². The Morgan fingerprint density at radius 2 is 2.09 bits per heavy atom. The van der Waals surface area contributed by atoms with Crippen LogP contribution in [-0.2, 0) is 4.74 Å². The molecule has 2 aromatic carbocycles. The van der Waals surface area contributed by atoms with Crippen molar-refractivity contribution in [1.29, 1.82) is 0 Å². The fourth-order valence-corrected chi connectivity index (χ4v) is 4.64. The molecule has 2 unspecified atom stereocenters. The van der Waals surface area contributed by atoms with Gasteiger partial charge in [-0.25, -0.2) is 4.79 Å². The molecule has 182 valence electrons. The summed E-state index contributed by atoms with van der Waals surface area (Å²) >= 11 is 0. The number of benzene rings is 2. The van der Waals surface area contributed by atoms with Crippen molar-refractivity contribution in [3.8, 4) is 22.9 Å². The van der Waals surface area contributed by atoms with Crippen LogP contribution in [0.3, 0.4) is 0 Å². The van der Waals surface area contributed by atoms with Gasteiger partial charge in [-0.05, 0) is 50.5 Å². The SMILES string of the molecule is COc1ccc(C2NC(=O)N(CC3CCCO3)C(C)=C2c2nc(-c3cccc(C)c3)no2)cc1O. The minimum atomic E-state index is -0.606. The van der Waals surface area contributed by atoms with E-state index in [1.165, 1.54) is 7.11 Å². The maximum absolute atomic E-state index is 13.2. The van der Waals surface area contributed by atoms with Crippen molar-refractivity contribution in [1.82, 2.24) is 20.4 Å². The van der Waals surface area contributed by atoms with Crippen LogP contribution in [0.15, 0.2) is 52.7 Å². The summed E-state index contributed by atoms with van der Waals surface area (Å²) in [6, 6.07) is 12.0. The van der Waals surface area contributed by atoms with Crippen LogP contribution in [0.5, 0.6) is 11.5 Å². The van der Waals surface area contributed by atoms with Crippen LogP contribution < -0.4 is 10.1 Å². The van der Waals surface area contributed by atoms with E-state index in [0.29, 0.717) is 47.4 Å². The topological polar surface area (TPSA) is 110 Å². The third kappa shape index (κ3) is 4.46. The molecule has 35 heavy (non-hydrogen) atoms. The number of aromatic nitrogens is 2. The van der Waals surface area contributed by atoms with E-state index in [1.807, 2.05) is 38.1 Å². The molecule has 2 N–H and O–H groups in total. The van der Waals surface area contributed by atoms with Crippen LogP contribution in [0.4, 0.5) is 4.79 Å². The Labute approximate surface area is 203 Å². The number of phenols is 1. The van der Waals surface area contributed by atoms with Crippen molar-refractivity contribution in [2.45, 2.75) is 38.8 Å². The highest BCUT2D eigenvalue weighted by atomic mass is 16.5. The molecule has 3 aromatic rings. The van der Waals surface area contributed by atoms with E-state index in [9.17, 15) is 9.90 Å². The van der Waals surface area contributed by atoms with Crippen LogP contribution in [0.1, 0.15) is 42.8 Å². The summed E-state index contributed by atoms with van der Waals surface area (Å²) in [5.74, 6) is 1.08. The van der Waals surface area contributed by atoms with Crippen molar-refractivity contribution in [2.75, 3.05) is 20.3 Å². The van der Waals surface area contributed by atoms with Crippen molar-refractivity contribution in [3.63, 3.8) is 0 Å². The van der Waals surface area contributed by atoms with E-state index in [4.69, 9.17) is 14.0 Å². The molecule has 0 radical (unpaired) electrons. The summed E-state index contributed by atoms with van der Waals surface area (Å²) < 4.78 is 16.7. The van der Waals surface area contributed by atoms with Gasteiger partial charge < -0.3 is 24.4 Å². The average molecular weight is 477 g/mol. The van der Waals surface area contributed by atoms with Gasteiger partial charge in [-0.1, -0.05) is 35.0 Å². The first-order valence-electron chi connectivity index (χ1n) is 11.6. The van der Waals surface area contributed by atoms with E-state index < -0.39 is 6.04 Å². The van der Waals surface area contributed by atoms with Crippen LogP contribution in [0.2, 0.25) is 0 Å². The number of amides is 2. The van der Waals surface area contributed by atoms with Gasteiger partial charge in [-0.3, -0.25) is 4.90 Å². The number of carbonyl (C=O) groups excluding carboxylic acids is 1. The summed E-state index contributed by atoms with van der Waals surface area (Å²) in [4.78, 5) is 19.6. The molecule has 2 aliphatic heterocycles. The van der Waals surface area contributed by atoms with E-state index in [2.05, 4.69) is 15.5 Å². The lowest BCUT2D eigenvalue weighted by Gasteiger charge is -2.36. The van der Waals surface area contributed by atoms with E-state index in [1.54, 1.807) is 23.1 Å². The molecule has 1 saturated heterocycles. The lowest BCUT2D eigenvalue weighted by Crippen LogP contribution is -2.48. The number of aromatic hydroxyl groups is 1. The maximum Gasteiger partial charge on any atom is 0.322 e. The highest BCUT2D eigenvalue weighted by Gasteiger charge is 2.37. The standard InChI is InChI=1S/C26H28N4O5/c1-15-6-4-7-18(12-15)24-28-25(35-29-24)22-16(2)30(14-19-8-5-11-34-19)26(32)27-23(22)17-9-10-21(33-3)20(31)13-17/h4,6-7,9-10,12-13,19,23,31H,5,8,11,14H2,1-3H3,(H,27,32). The van der Waals surface area contributed by atoms with Crippen molar-refractivity contribution < 1.29 is 23.9 Å². The Bertz CT molecular complexity index is 1280. The lowest BCUT2D eigenvalue weighted by atomic mass is 9.94. The number of ether oxygens (including phenoxy) is 2. The summed E-state index contributed by atoms with van der Waals surface area (Å²) in [5.41, 5.74) is 3.96.